The van der Waals surface area contributed by atoms with E-state index in [-0.39, 0.29) is 5.91 Å². The third-order valence-electron chi connectivity index (χ3n) is 3.30. The van der Waals surface area contributed by atoms with Crippen LogP contribution in [0.5, 0.6) is 0 Å². The van der Waals surface area contributed by atoms with Crippen LogP contribution in [0, 0.1) is 25.2 Å². The summed E-state index contributed by atoms with van der Waals surface area (Å²) >= 11 is 1.54. The maximum Gasteiger partial charge on any atom is 0.234 e. The second-order valence-electron chi connectivity index (χ2n) is 5.12. The number of rotatable bonds is 5. The molecule has 1 N–H and O–H groups in total. The van der Waals surface area contributed by atoms with Crippen molar-refractivity contribution >= 4 is 23.4 Å². The van der Waals surface area contributed by atoms with Crippen molar-refractivity contribution in [1.82, 2.24) is 0 Å². The molecule has 2 aromatic carbocycles. The van der Waals surface area contributed by atoms with Gasteiger partial charge in [0.05, 0.1) is 17.4 Å². The van der Waals surface area contributed by atoms with Gasteiger partial charge in [0.15, 0.2) is 0 Å². The summed E-state index contributed by atoms with van der Waals surface area (Å²) < 4.78 is 0. The lowest BCUT2D eigenvalue weighted by Crippen LogP contribution is -2.15. The molecule has 2 rings (SSSR count). The topological polar surface area (TPSA) is 52.9 Å². The van der Waals surface area contributed by atoms with Crippen LogP contribution in [0.2, 0.25) is 0 Å². The monoisotopic (exact) mass is 310 g/mol. The average Bonchev–Trinajstić information content (AvgIpc) is 2.51. The first kappa shape index (κ1) is 16.1. The smallest absolute Gasteiger partial charge is 0.234 e. The predicted octanol–water partition coefficient (Wildman–Crippen LogP) is 4.05. The minimum atomic E-state index is -0.00108. The standard InChI is InChI=1S/C18H18N2OS/c1-13-5-3-6-14(2)18(13)20-17(21)12-22-11-16-8-4-7-15(9-16)10-19/h3-9H,11-12H2,1-2H3,(H,20,21). The number of anilines is 1. The number of benzene rings is 2. The minimum absolute atomic E-state index is 0.00108. The quantitative estimate of drug-likeness (QED) is 0.906. The zero-order valence-corrected chi connectivity index (χ0v) is 13.5. The predicted molar refractivity (Wildman–Crippen MR) is 91.9 cm³/mol. The highest BCUT2D eigenvalue weighted by atomic mass is 32.2. The molecule has 112 valence electrons. The molecule has 0 aliphatic carbocycles. The first-order valence-electron chi connectivity index (χ1n) is 7.03. The van der Waals surface area contributed by atoms with Gasteiger partial charge in [0.1, 0.15) is 0 Å². The van der Waals surface area contributed by atoms with E-state index in [0.717, 1.165) is 28.1 Å². The Bertz CT molecular complexity index is 699. The fourth-order valence-corrected chi connectivity index (χ4v) is 2.95. The van der Waals surface area contributed by atoms with Crippen molar-refractivity contribution < 1.29 is 4.79 Å². The number of nitrogens with one attached hydrogen (secondary N) is 1. The maximum atomic E-state index is 12.0. The number of hydrogen-bond donors (Lipinski definition) is 1. The second-order valence-corrected chi connectivity index (χ2v) is 6.11. The Labute approximate surface area is 135 Å². The summed E-state index contributed by atoms with van der Waals surface area (Å²) in [5.41, 5.74) is 4.75. The number of carbonyl (C=O) groups is 1. The lowest BCUT2D eigenvalue weighted by atomic mass is 10.1. The van der Waals surface area contributed by atoms with E-state index in [2.05, 4.69) is 11.4 Å². The Hall–Kier alpha value is -2.25. The minimum Gasteiger partial charge on any atom is -0.325 e. The van der Waals surface area contributed by atoms with E-state index in [4.69, 9.17) is 5.26 Å². The molecule has 0 radical (unpaired) electrons. The van der Waals surface area contributed by atoms with Crippen LogP contribution in [-0.2, 0) is 10.5 Å². The van der Waals surface area contributed by atoms with Crippen LogP contribution in [-0.4, -0.2) is 11.7 Å². The van der Waals surface area contributed by atoms with Gasteiger partial charge in [-0.1, -0.05) is 30.3 Å². The maximum absolute atomic E-state index is 12.0. The van der Waals surface area contributed by atoms with Crippen LogP contribution in [0.3, 0.4) is 0 Å². The number of aryl methyl sites for hydroxylation is 2. The molecule has 0 bridgehead atoms. The number of nitriles is 1. The number of carbonyl (C=O) groups excluding carboxylic acids is 1. The van der Waals surface area contributed by atoms with Crippen molar-refractivity contribution in [1.29, 1.82) is 5.26 Å². The number of thioether (sulfide) groups is 1. The normalized spacial score (nSPS) is 10.0. The van der Waals surface area contributed by atoms with Gasteiger partial charge in [0.2, 0.25) is 5.91 Å². The largest absolute Gasteiger partial charge is 0.325 e. The molecule has 0 heterocycles. The summed E-state index contributed by atoms with van der Waals surface area (Å²) in [6.45, 7) is 3.98. The van der Waals surface area contributed by atoms with Gasteiger partial charge in [-0.2, -0.15) is 5.26 Å². The zero-order chi connectivity index (χ0) is 15.9. The Morgan fingerprint density at radius 2 is 1.86 bits per heavy atom. The molecule has 0 unspecified atom stereocenters. The number of hydrogen-bond acceptors (Lipinski definition) is 3. The SMILES string of the molecule is Cc1cccc(C)c1NC(=O)CSCc1cccc(C#N)c1. The van der Waals surface area contributed by atoms with Crippen molar-refractivity contribution in [2.75, 3.05) is 11.1 Å². The lowest BCUT2D eigenvalue weighted by molar-refractivity contribution is -0.113. The van der Waals surface area contributed by atoms with Crippen molar-refractivity contribution in [3.8, 4) is 6.07 Å². The van der Waals surface area contributed by atoms with E-state index in [9.17, 15) is 4.79 Å². The highest BCUT2D eigenvalue weighted by Crippen LogP contribution is 2.20. The van der Waals surface area contributed by atoms with Crippen molar-refractivity contribution in [2.24, 2.45) is 0 Å². The molecule has 0 aliphatic rings. The molecule has 0 fully saturated rings. The van der Waals surface area contributed by atoms with E-state index in [0.29, 0.717) is 11.3 Å². The van der Waals surface area contributed by atoms with Crippen LogP contribution in [0.25, 0.3) is 0 Å². The highest BCUT2D eigenvalue weighted by molar-refractivity contribution is 7.99. The Morgan fingerprint density at radius 1 is 1.18 bits per heavy atom. The van der Waals surface area contributed by atoms with E-state index >= 15 is 0 Å². The summed E-state index contributed by atoms with van der Waals surface area (Å²) in [5, 5.41) is 11.8. The summed E-state index contributed by atoms with van der Waals surface area (Å²) in [7, 11) is 0. The van der Waals surface area contributed by atoms with Gasteiger partial charge in [0, 0.05) is 11.4 Å². The summed E-state index contributed by atoms with van der Waals surface area (Å²) in [6, 6.07) is 15.6. The second kappa shape index (κ2) is 7.67. The third kappa shape index (κ3) is 4.37. The van der Waals surface area contributed by atoms with Gasteiger partial charge in [-0.25, -0.2) is 0 Å². The van der Waals surface area contributed by atoms with E-state index < -0.39 is 0 Å². The average molecular weight is 310 g/mol. The van der Waals surface area contributed by atoms with Crippen LogP contribution in [0.15, 0.2) is 42.5 Å². The van der Waals surface area contributed by atoms with Gasteiger partial charge >= 0.3 is 0 Å². The molecule has 2 aromatic rings. The molecule has 0 spiro atoms. The molecule has 0 saturated heterocycles. The molecule has 0 saturated carbocycles. The molecule has 0 aliphatic heterocycles. The van der Waals surface area contributed by atoms with Gasteiger partial charge in [-0.3, -0.25) is 4.79 Å². The molecule has 0 aromatic heterocycles. The summed E-state index contributed by atoms with van der Waals surface area (Å²) in [5.74, 6) is 1.11. The molecular formula is C18H18N2OS. The van der Waals surface area contributed by atoms with Crippen LogP contribution in [0.1, 0.15) is 22.3 Å². The molecule has 0 atom stereocenters. The Kier molecular flexibility index (Phi) is 5.62. The van der Waals surface area contributed by atoms with Gasteiger partial charge in [-0.05, 0) is 42.7 Å². The van der Waals surface area contributed by atoms with Crippen LogP contribution >= 0.6 is 11.8 Å². The summed E-state index contributed by atoms with van der Waals surface area (Å²) in [6.07, 6.45) is 0. The fraction of sp³-hybridized carbons (Fsp3) is 0.222. The zero-order valence-electron chi connectivity index (χ0n) is 12.7. The molecule has 1 amide bonds. The van der Waals surface area contributed by atoms with Gasteiger partial charge in [-0.15, -0.1) is 11.8 Å². The van der Waals surface area contributed by atoms with E-state index in [1.54, 1.807) is 17.8 Å². The number of para-hydroxylation sites is 1. The molecule has 3 nitrogen and oxygen atoms in total. The first-order valence-corrected chi connectivity index (χ1v) is 8.18. The van der Waals surface area contributed by atoms with Gasteiger partial charge < -0.3 is 5.32 Å². The summed E-state index contributed by atoms with van der Waals surface area (Å²) in [4.78, 5) is 12.0. The van der Waals surface area contributed by atoms with Gasteiger partial charge in [0.25, 0.3) is 0 Å². The molecule has 22 heavy (non-hydrogen) atoms. The fourth-order valence-electron chi connectivity index (χ4n) is 2.18. The molecular weight excluding hydrogens is 292 g/mol. The highest BCUT2D eigenvalue weighted by Gasteiger charge is 2.07. The van der Waals surface area contributed by atoms with Crippen molar-refractivity contribution in [2.45, 2.75) is 19.6 Å². The van der Waals surface area contributed by atoms with Crippen LogP contribution < -0.4 is 5.32 Å². The first-order chi connectivity index (χ1) is 10.6. The Balaban J connectivity index is 1.87. The van der Waals surface area contributed by atoms with Crippen molar-refractivity contribution in [3.63, 3.8) is 0 Å². The lowest BCUT2D eigenvalue weighted by Gasteiger charge is -2.11. The molecule has 4 heteroatoms. The van der Waals surface area contributed by atoms with Crippen molar-refractivity contribution in [3.05, 3.63) is 64.7 Å². The third-order valence-corrected chi connectivity index (χ3v) is 4.31. The van der Waals surface area contributed by atoms with Crippen LogP contribution in [0.4, 0.5) is 5.69 Å². The van der Waals surface area contributed by atoms with E-state index in [1.807, 2.05) is 50.2 Å². The van der Waals surface area contributed by atoms with E-state index in [1.165, 1.54) is 0 Å². The Morgan fingerprint density at radius 3 is 2.55 bits per heavy atom. The number of amides is 1. The number of nitrogens with zero attached hydrogens (tertiary/aromatic N) is 1.